The molecule has 0 heterocycles. The van der Waals surface area contributed by atoms with Gasteiger partial charge >= 0.3 is 6.18 Å². The number of benzene rings is 1. The summed E-state index contributed by atoms with van der Waals surface area (Å²) in [6.07, 6.45) is -0.219. The zero-order chi connectivity index (χ0) is 14.1. The third kappa shape index (κ3) is 6.90. The number of hydrogen-bond donors (Lipinski definition) is 0. The molecular formula is C15H21F3S. The highest BCUT2D eigenvalue weighted by atomic mass is 32.2. The molecule has 0 saturated carbocycles. The molecule has 0 nitrogen and oxygen atoms in total. The molecular weight excluding hydrogens is 269 g/mol. The van der Waals surface area contributed by atoms with Crippen LogP contribution < -0.4 is 0 Å². The Labute approximate surface area is 117 Å². The molecule has 0 aliphatic rings. The normalized spacial score (nSPS) is 13.5. The summed E-state index contributed by atoms with van der Waals surface area (Å²) in [5, 5.41) is -1.23. The van der Waals surface area contributed by atoms with E-state index in [-0.39, 0.29) is 6.42 Å². The van der Waals surface area contributed by atoms with Crippen LogP contribution in [0, 0.1) is 0 Å². The van der Waals surface area contributed by atoms with Gasteiger partial charge in [0.2, 0.25) is 0 Å². The third-order valence-electron chi connectivity index (χ3n) is 2.98. The van der Waals surface area contributed by atoms with E-state index in [0.717, 1.165) is 36.6 Å². The molecule has 0 aliphatic heterocycles. The van der Waals surface area contributed by atoms with Gasteiger partial charge in [-0.05, 0) is 12.0 Å². The Morgan fingerprint density at radius 3 is 2.32 bits per heavy atom. The van der Waals surface area contributed by atoms with Crippen LogP contribution in [0.5, 0.6) is 0 Å². The van der Waals surface area contributed by atoms with Crippen molar-refractivity contribution in [2.75, 3.05) is 0 Å². The van der Waals surface area contributed by atoms with Gasteiger partial charge in [0.15, 0.2) is 0 Å². The molecule has 0 spiro atoms. The molecule has 1 aromatic carbocycles. The van der Waals surface area contributed by atoms with Crippen LogP contribution in [0.2, 0.25) is 0 Å². The SMILES string of the molecule is CCCCCCC(SCc1ccccc1)C(F)(F)F. The number of hydrogen-bond acceptors (Lipinski definition) is 1. The van der Waals surface area contributed by atoms with Gasteiger partial charge in [0, 0.05) is 5.75 Å². The fourth-order valence-corrected chi connectivity index (χ4v) is 2.98. The maximum atomic E-state index is 12.9. The lowest BCUT2D eigenvalue weighted by atomic mass is 10.1. The zero-order valence-corrected chi connectivity index (χ0v) is 12.1. The van der Waals surface area contributed by atoms with Gasteiger partial charge in [-0.25, -0.2) is 0 Å². The Hall–Kier alpha value is -0.640. The predicted octanol–water partition coefficient (Wildman–Crippen LogP) is 5.82. The highest BCUT2D eigenvalue weighted by Gasteiger charge is 2.39. The minimum absolute atomic E-state index is 0.237. The minimum atomic E-state index is -4.09. The second-order valence-electron chi connectivity index (χ2n) is 4.68. The van der Waals surface area contributed by atoms with E-state index in [1.54, 1.807) is 0 Å². The number of alkyl halides is 3. The van der Waals surface area contributed by atoms with Crippen LogP contribution in [-0.4, -0.2) is 11.4 Å². The summed E-state index contributed by atoms with van der Waals surface area (Å²) in [5.74, 6) is 0.429. The second-order valence-corrected chi connectivity index (χ2v) is 5.87. The molecule has 19 heavy (non-hydrogen) atoms. The zero-order valence-electron chi connectivity index (χ0n) is 11.2. The lowest BCUT2D eigenvalue weighted by Gasteiger charge is -2.19. The van der Waals surface area contributed by atoms with Crippen molar-refractivity contribution in [3.8, 4) is 0 Å². The van der Waals surface area contributed by atoms with Crippen molar-refractivity contribution in [2.45, 2.75) is 56.2 Å². The number of rotatable bonds is 8. The summed E-state index contributed by atoms with van der Waals surface area (Å²) >= 11 is 1.01. The molecule has 1 rings (SSSR count). The molecule has 0 aromatic heterocycles. The fourth-order valence-electron chi connectivity index (χ4n) is 1.87. The second kappa shape index (κ2) is 8.51. The Balaban J connectivity index is 2.42. The van der Waals surface area contributed by atoms with Gasteiger partial charge in [0.1, 0.15) is 5.25 Å². The maximum absolute atomic E-state index is 12.9. The lowest BCUT2D eigenvalue weighted by Crippen LogP contribution is -2.25. The van der Waals surface area contributed by atoms with Gasteiger partial charge in [0.05, 0.1) is 0 Å². The van der Waals surface area contributed by atoms with Crippen LogP contribution in [0.3, 0.4) is 0 Å². The van der Waals surface area contributed by atoms with Crippen molar-refractivity contribution < 1.29 is 13.2 Å². The van der Waals surface area contributed by atoms with Crippen molar-refractivity contribution in [1.82, 2.24) is 0 Å². The van der Waals surface area contributed by atoms with Crippen molar-refractivity contribution in [3.05, 3.63) is 35.9 Å². The lowest BCUT2D eigenvalue weighted by molar-refractivity contribution is -0.130. The van der Waals surface area contributed by atoms with Crippen LogP contribution >= 0.6 is 11.8 Å². The summed E-state index contributed by atoms with van der Waals surface area (Å²) in [6.45, 7) is 2.06. The monoisotopic (exact) mass is 290 g/mol. The van der Waals surface area contributed by atoms with E-state index in [1.807, 2.05) is 30.3 Å². The van der Waals surface area contributed by atoms with Gasteiger partial charge in [-0.2, -0.15) is 13.2 Å². The van der Waals surface area contributed by atoms with Gasteiger partial charge in [-0.1, -0.05) is 62.9 Å². The summed E-state index contributed by atoms with van der Waals surface area (Å²) < 4.78 is 38.7. The van der Waals surface area contributed by atoms with Gasteiger partial charge in [0.25, 0.3) is 0 Å². The highest BCUT2D eigenvalue weighted by molar-refractivity contribution is 7.99. The predicted molar refractivity (Wildman–Crippen MR) is 76.3 cm³/mol. The first-order valence-corrected chi connectivity index (χ1v) is 7.81. The fraction of sp³-hybridized carbons (Fsp3) is 0.600. The van der Waals surface area contributed by atoms with E-state index < -0.39 is 11.4 Å². The molecule has 0 amide bonds. The van der Waals surface area contributed by atoms with E-state index in [4.69, 9.17) is 0 Å². The molecule has 0 radical (unpaired) electrons. The Morgan fingerprint density at radius 2 is 1.74 bits per heavy atom. The molecule has 0 fully saturated rings. The Kier molecular flexibility index (Phi) is 7.36. The molecule has 0 N–H and O–H groups in total. The van der Waals surface area contributed by atoms with Crippen molar-refractivity contribution >= 4 is 11.8 Å². The number of unbranched alkanes of at least 4 members (excludes halogenated alkanes) is 3. The Bertz CT molecular complexity index is 335. The number of thioether (sulfide) groups is 1. The molecule has 1 unspecified atom stereocenters. The first kappa shape index (κ1) is 16.4. The average Bonchev–Trinajstić information content (AvgIpc) is 2.37. The standard InChI is InChI=1S/C15H21F3S/c1-2-3-4-8-11-14(15(16,17)18)19-12-13-9-6-5-7-10-13/h5-7,9-10,14H,2-4,8,11-12H2,1H3. The van der Waals surface area contributed by atoms with Crippen LogP contribution in [0.4, 0.5) is 13.2 Å². The van der Waals surface area contributed by atoms with Crippen LogP contribution in [0.1, 0.15) is 44.6 Å². The topological polar surface area (TPSA) is 0 Å². The summed E-state index contributed by atoms with van der Waals surface area (Å²) in [5.41, 5.74) is 0.954. The molecule has 0 saturated heterocycles. The average molecular weight is 290 g/mol. The van der Waals surface area contributed by atoms with E-state index in [9.17, 15) is 13.2 Å². The molecule has 4 heteroatoms. The molecule has 0 bridgehead atoms. The van der Waals surface area contributed by atoms with Crippen molar-refractivity contribution in [3.63, 3.8) is 0 Å². The van der Waals surface area contributed by atoms with Crippen molar-refractivity contribution in [1.29, 1.82) is 0 Å². The van der Waals surface area contributed by atoms with E-state index in [0.29, 0.717) is 12.2 Å². The largest absolute Gasteiger partial charge is 0.400 e. The van der Waals surface area contributed by atoms with E-state index >= 15 is 0 Å². The molecule has 1 atom stereocenters. The van der Waals surface area contributed by atoms with Crippen LogP contribution in [-0.2, 0) is 5.75 Å². The third-order valence-corrected chi connectivity index (χ3v) is 4.38. The van der Waals surface area contributed by atoms with Crippen LogP contribution in [0.25, 0.3) is 0 Å². The first-order chi connectivity index (χ1) is 9.04. The number of halogens is 3. The summed E-state index contributed by atoms with van der Waals surface area (Å²) in [4.78, 5) is 0. The Morgan fingerprint density at radius 1 is 1.05 bits per heavy atom. The quantitative estimate of drug-likeness (QED) is 0.543. The van der Waals surface area contributed by atoms with Gasteiger partial charge in [-0.15, -0.1) is 11.8 Å². The first-order valence-electron chi connectivity index (χ1n) is 6.76. The molecule has 108 valence electrons. The molecule has 1 aromatic rings. The van der Waals surface area contributed by atoms with Gasteiger partial charge in [-0.3, -0.25) is 0 Å². The minimum Gasteiger partial charge on any atom is -0.170 e. The van der Waals surface area contributed by atoms with Gasteiger partial charge < -0.3 is 0 Å². The smallest absolute Gasteiger partial charge is 0.170 e. The maximum Gasteiger partial charge on any atom is 0.400 e. The summed E-state index contributed by atoms with van der Waals surface area (Å²) in [6, 6.07) is 9.34. The summed E-state index contributed by atoms with van der Waals surface area (Å²) in [7, 11) is 0. The van der Waals surface area contributed by atoms with Crippen molar-refractivity contribution in [2.24, 2.45) is 0 Å². The van der Waals surface area contributed by atoms with E-state index in [1.165, 1.54) is 0 Å². The highest BCUT2D eigenvalue weighted by Crippen LogP contribution is 2.35. The van der Waals surface area contributed by atoms with E-state index in [2.05, 4.69) is 6.92 Å². The van der Waals surface area contributed by atoms with Crippen LogP contribution in [0.15, 0.2) is 30.3 Å². The molecule has 0 aliphatic carbocycles.